The van der Waals surface area contributed by atoms with E-state index in [0.29, 0.717) is 12.5 Å². The van der Waals surface area contributed by atoms with Crippen LogP contribution in [0, 0.1) is 5.92 Å². The summed E-state index contributed by atoms with van der Waals surface area (Å²) in [6, 6.07) is 10.2. The van der Waals surface area contributed by atoms with Crippen LogP contribution in [0.15, 0.2) is 30.3 Å². The minimum absolute atomic E-state index is 0.271. The summed E-state index contributed by atoms with van der Waals surface area (Å²) in [4.78, 5) is 0. The SMILES string of the molecule is CC(CCO)CNCCOCc1ccccc1. The molecule has 0 saturated heterocycles. The van der Waals surface area contributed by atoms with E-state index in [9.17, 15) is 0 Å². The molecule has 3 heteroatoms. The van der Waals surface area contributed by atoms with Crippen LogP contribution in [0.3, 0.4) is 0 Å². The molecule has 17 heavy (non-hydrogen) atoms. The molecule has 1 atom stereocenters. The Morgan fingerprint density at radius 2 is 2.06 bits per heavy atom. The zero-order valence-corrected chi connectivity index (χ0v) is 10.6. The Morgan fingerprint density at radius 3 is 2.76 bits per heavy atom. The molecule has 0 amide bonds. The van der Waals surface area contributed by atoms with Crippen molar-refractivity contribution >= 4 is 0 Å². The first-order valence-corrected chi connectivity index (χ1v) is 6.26. The smallest absolute Gasteiger partial charge is 0.0717 e. The minimum Gasteiger partial charge on any atom is -0.396 e. The van der Waals surface area contributed by atoms with E-state index in [0.717, 1.165) is 26.1 Å². The lowest BCUT2D eigenvalue weighted by Crippen LogP contribution is -2.25. The quantitative estimate of drug-likeness (QED) is 0.644. The molecule has 0 aromatic heterocycles. The maximum absolute atomic E-state index is 8.75. The van der Waals surface area contributed by atoms with Crippen LogP contribution in [0.25, 0.3) is 0 Å². The van der Waals surface area contributed by atoms with Crippen molar-refractivity contribution in [3.05, 3.63) is 35.9 Å². The highest BCUT2D eigenvalue weighted by Gasteiger charge is 1.99. The molecule has 96 valence electrons. The predicted octanol–water partition coefficient (Wildman–Crippen LogP) is 1.81. The second-order valence-corrected chi connectivity index (χ2v) is 4.36. The summed E-state index contributed by atoms with van der Waals surface area (Å²) >= 11 is 0. The molecular formula is C14H23NO2. The van der Waals surface area contributed by atoms with Crippen molar-refractivity contribution < 1.29 is 9.84 Å². The standard InChI is InChI=1S/C14H23NO2/c1-13(7-9-16)11-15-8-10-17-12-14-5-3-2-4-6-14/h2-6,13,15-16H,7-12H2,1H3. The summed E-state index contributed by atoms with van der Waals surface area (Å²) in [5.74, 6) is 0.522. The van der Waals surface area contributed by atoms with Gasteiger partial charge in [0.15, 0.2) is 0 Å². The summed E-state index contributed by atoms with van der Waals surface area (Å²) in [5.41, 5.74) is 1.21. The van der Waals surface area contributed by atoms with Crippen LogP contribution in [0.2, 0.25) is 0 Å². The Labute approximate surface area is 104 Å². The third-order valence-corrected chi connectivity index (χ3v) is 2.65. The molecule has 0 aliphatic carbocycles. The molecule has 2 N–H and O–H groups in total. The summed E-state index contributed by atoms with van der Waals surface area (Å²) < 4.78 is 5.55. The molecule has 0 fully saturated rings. The molecular weight excluding hydrogens is 214 g/mol. The maximum atomic E-state index is 8.75. The van der Waals surface area contributed by atoms with Crippen LogP contribution in [0.4, 0.5) is 0 Å². The first-order valence-electron chi connectivity index (χ1n) is 6.26. The molecule has 0 bridgehead atoms. The fraction of sp³-hybridized carbons (Fsp3) is 0.571. The zero-order valence-electron chi connectivity index (χ0n) is 10.6. The van der Waals surface area contributed by atoms with E-state index in [1.54, 1.807) is 0 Å². The van der Waals surface area contributed by atoms with Crippen LogP contribution in [0.5, 0.6) is 0 Å². The maximum Gasteiger partial charge on any atom is 0.0717 e. The van der Waals surface area contributed by atoms with E-state index in [-0.39, 0.29) is 6.61 Å². The van der Waals surface area contributed by atoms with Gasteiger partial charge in [-0.25, -0.2) is 0 Å². The number of hydrogen-bond donors (Lipinski definition) is 2. The lowest BCUT2D eigenvalue weighted by molar-refractivity contribution is 0.122. The number of hydrogen-bond acceptors (Lipinski definition) is 3. The topological polar surface area (TPSA) is 41.5 Å². The summed E-state index contributed by atoms with van der Waals surface area (Å²) in [6.45, 7) is 5.61. The molecule has 0 aliphatic rings. The van der Waals surface area contributed by atoms with Crippen LogP contribution < -0.4 is 5.32 Å². The highest BCUT2D eigenvalue weighted by atomic mass is 16.5. The lowest BCUT2D eigenvalue weighted by Gasteiger charge is -2.11. The number of aliphatic hydroxyl groups excluding tert-OH is 1. The van der Waals surface area contributed by atoms with Gasteiger partial charge < -0.3 is 15.2 Å². The van der Waals surface area contributed by atoms with Gasteiger partial charge in [0.1, 0.15) is 0 Å². The number of benzene rings is 1. The Morgan fingerprint density at radius 1 is 1.29 bits per heavy atom. The van der Waals surface area contributed by atoms with Crippen molar-refractivity contribution in [1.29, 1.82) is 0 Å². The summed E-state index contributed by atoms with van der Waals surface area (Å²) in [6.07, 6.45) is 0.859. The Bertz CT molecular complexity index is 277. The van der Waals surface area contributed by atoms with Gasteiger partial charge in [0.2, 0.25) is 0 Å². The molecule has 0 aliphatic heterocycles. The third-order valence-electron chi connectivity index (χ3n) is 2.65. The van der Waals surface area contributed by atoms with E-state index in [1.165, 1.54) is 5.56 Å². The Balaban J connectivity index is 1.95. The van der Waals surface area contributed by atoms with Gasteiger partial charge in [-0.1, -0.05) is 37.3 Å². The fourth-order valence-electron chi connectivity index (χ4n) is 1.58. The fourth-order valence-corrected chi connectivity index (χ4v) is 1.58. The number of ether oxygens (including phenoxy) is 1. The van der Waals surface area contributed by atoms with Crippen LogP contribution in [-0.4, -0.2) is 31.4 Å². The average Bonchev–Trinajstić information content (AvgIpc) is 2.35. The second kappa shape index (κ2) is 9.16. The number of aliphatic hydroxyl groups is 1. The first-order chi connectivity index (χ1) is 8.33. The zero-order chi connectivity index (χ0) is 12.3. The molecule has 1 unspecified atom stereocenters. The number of nitrogens with one attached hydrogen (secondary N) is 1. The Kier molecular flexibility index (Phi) is 7.63. The normalized spacial score (nSPS) is 12.6. The highest BCUT2D eigenvalue weighted by molar-refractivity contribution is 5.13. The van der Waals surface area contributed by atoms with Gasteiger partial charge in [-0.2, -0.15) is 0 Å². The molecule has 0 radical (unpaired) electrons. The minimum atomic E-state index is 0.271. The van der Waals surface area contributed by atoms with E-state index >= 15 is 0 Å². The van der Waals surface area contributed by atoms with Crippen LogP contribution >= 0.6 is 0 Å². The van der Waals surface area contributed by atoms with Crippen LogP contribution in [0.1, 0.15) is 18.9 Å². The van der Waals surface area contributed by atoms with E-state index in [1.807, 2.05) is 18.2 Å². The predicted molar refractivity (Wildman–Crippen MR) is 69.8 cm³/mol. The molecule has 3 nitrogen and oxygen atoms in total. The van der Waals surface area contributed by atoms with E-state index < -0.39 is 0 Å². The van der Waals surface area contributed by atoms with Gasteiger partial charge in [-0.05, 0) is 24.4 Å². The van der Waals surface area contributed by atoms with Gasteiger partial charge in [0, 0.05) is 13.2 Å². The molecule has 0 spiro atoms. The summed E-state index contributed by atoms with van der Waals surface area (Å²) in [5, 5.41) is 12.1. The number of rotatable bonds is 9. The van der Waals surface area contributed by atoms with Crippen molar-refractivity contribution in [1.82, 2.24) is 5.32 Å². The monoisotopic (exact) mass is 237 g/mol. The largest absolute Gasteiger partial charge is 0.396 e. The van der Waals surface area contributed by atoms with Gasteiger partial charge in [0.05, 0.1) is 13.2 Å². The van der Waals surface area contributed by atoms with Crippen LogP contribution in [-0.2, 0) is 11.3 Å². The Hall–Kier alpha value is -0.900. The van der Waals surface area contributed by atoms with Gasteiger partial charge in [-0.15, -0.1) is 0 Å². The second-order valence-electron chi connectivity index (χ2n) is 4.36. The van der Waals surface area contributed by atoms with Gasteiger partial charge in [0.25, 0.3) is 0 Å². The van der Waals surface area contributed by atoms with Crippen molar-refractivity contribution in [3.63, 3.8) is 0 Å². The highest BCUT2D eigenvalue weighted by Crippen LogP contribution is 2.00. The average molecular weight is 237 g/mol. The molecule has 1 rings (SSSR count). The van der Waals surface area contributed by atoms with Gasteiger partial charge in [-0.3, -0.25) is 0 Å². The summed E-state index contributed by atoms with van der Waals surface area (Å²) in [7, 11) is 0. The van der Waals surface area contributed by atoms with Crippen molar-refractivity contribution in [2.45, 2.75) is 20.0 Å². The first kappa shape index (κ1) is 14.2. The molecule has 0 heterocycles. The molecule has 0 saturated carbocycles. The third kappa shape index (κ3) is 7.10. The van der Waals surface area contributed by atoms with Crippen molar-refractivity contribution in [2.24, 2.45) is 5.92 Å². The van der Waals surface area contributed by atoms with E-state index in [2.05, 4.69) is 24.4 Å². The lowest BCUT2D eigenvalue weighted by atomic mass is 10.1. The van der Waals surface area contributed by atoms with Gasteiger partial charge >= 0.3 is 0 Å². The molecule has 1 aromatic rings. The molecule has 1 aromatic carbocycles. The van der Waals surface area contributed by atoms with Crippen molar-refractivity contribution in [3.8, 4) is 0 Å². The van der Waals surface area contributed by atoms with Crippen molar-refractivity contribution in [2.75, 3.05) is 26.3 Å². The van der Waals surface area contributed by atoms with E-state index in [4.69, 9.17) is 9.84 Å².